The van der Waals surface area contributed by atoms with E-state index in [1.807, 2.05) is 60.7 Å². The monoisotopic (exact) mass is 390 g/mol. The van der Waals surface area contributed by atoms with Crippen LogP contribution in [0.15, 0.2) is 84.9 Å². The molecule has 0 N–H and O–H groups in total. The van der Waals surface area contributed by atoms with Crippen LogP contribution >= 0.6 is 11.7 Å². The second-order valence-corrected chi connectivity index (χ2v) is 7.38. The van der Waals surface area contributed by atoms with E-state index in [4.69, 9.17) is 9.97 Å². The van der Waals surface area contributed by atoms with Gasteiger partial charge in [0.05, 0.1) is 22.8 Å². The fourth-order valence-electron chi connectivity index (χ4n) is 3.85. The zero-order valence-electron chi connectivity index (χ0n) is 15.3. The minimum absolute atomic E-state index is 0.856. The van der Waals surface area contributed by atoms with Crippen molar-refractivity contribution in [3.8, 4) is 22.3 Å². The fourth-order valence-corrected chi connectivity index (χ4v) is 4.41. The van der Waals surface area contributed by atoms with Gasteiger partial charge in [0.2, 0.25) is 0 Å². The maximum atomic E-state index is 5.04. The molecule has 0 aliphatic rings. The largest absolute Gasteiger partial charge is 0.244 e. The molecule has 0 bridgehead atoms. The van der Waals surface area contributed by atoms with Crippen LogP contribution in [0.3, 0.4) is 0 Å². The predicted octanol–water partition coefficient (Wildman–Crippen LogP) is 6.12. The number of nitrogens with zero attached hydrogens (tertiary/aromatic N) is 4. The Morgan fingerprint density at radius 2 is 0.862 bits per heavy atom. The molecule has 0 saturated carbocycles. The van der Waals surface area contributed by atoms with Crippen LogP contribution in [0.25, 0.3) is 55.4 Å². The van der Waals surface area contributed by atoms with Crippen LogP contribution in [0, 0.1) is 0 Å². The Bertz CT molecular complexity index is 1380. The van der Waals surface area contributed by atoms with Gasteiger partial charge < -0.3 is 0 Å². The normalized spacial score (nSPS) is 11.4. The molecule has 136 valence electrons. The van der Waals surface area contributed by atoms with Crippen LogP contribution in [0.2, 0.25) is 0 Å². The minimum atomic E-state index is 0.856. The lowest BCUT2D eigenvalue weighted by molar-refractivity contribution is 1.39. The van der Waals surface area contributed by atoms with E-state index < -0.39 is 0 Å². The van der Waals surface area contributed by atoms with Gasteiger partial charge in [-0.05, 0) is 23.3 Å². The van der Waals surface area contributed by atoms with E-state index in [-0.39, 0.29) is 0 Å². The van der Waals surface area contributed by atoms with E-state index in [1.54, 1.807) is 0 Å². The van der Waals surface area contributed by atoms with Crippen molar-refractivity contribution in [2.75, 3.05) is 0 Å². The molecule has 6 rings (SSSR count). The highest BCUT2D eigenvalue weighted by molar-refractivity contribution is 7.00. The van der Waals surface area contributed by atoms with Crippen molar-refractivity contribution >= 4 is 44.8 Å². The van der Waals surface area contributed by atoms with Crippen LogP contribution < -0.4 is 0 Å². The van der Waals surface area contributed by atoms with Gasteiger partial charge in [-0.1, -0.05) is 72.8 Å². The Balaban J connectivity index is 1.88. The average molecular weight is 390 g/mol. The van der Waals surface area contributed by atoms with Gasteiger partial charge in [0, 0.05) is 11.1 Å². The summed E-state index contributed by atoms with van der Waals surface area (Å²) < 4.78 is 9.35. The highest BCUT2D eigenvalue weighted by atomic mass is 32.1. The Morgan fingerprint density at radius 1 is 0.448 bits per heavy atom. The van der Waals surface area contributed by atoms with Gasteiger partial charge in [0.25, 0.3) is 0 Å². The fraction of sp³-hybridized carbons (Fsp3) is 0. The summed E-state index contributed by atoms with van der Waals surface area (Å²) in [6.45, 7) is 0. The van der Waals surface area contributed by atoms with Crippen LogP contribution in [0.1, 0.15) is 0 Å². The van der Waals surface area contributed by atoms with Crippen LogP contribution in [-0.4, -0.2) is 18.7 Å². The first-order chi connectivity index (χ1) is 14.4. The van der Waals surface area contributed by atoms with Gasteiger partial charge in [-0.25, -0.2) is 9.97 Å². The number of rotatable bonds is 2. The number of aromatic nitrogens is 4. The summed E-state index contributed by atoms with van der Waals surface area (Å²) in [5, 5.41) is 0. The first-order valence-electron chi connectivity index (χ1n) is 9.36. The van der Waals surface area contributed by atoms with E-state index in [2.05, 4.69) is 33.0 Å². The molecule has 5 heteroatoms. The Morgan fingerprint density at radius 3 is 1.31 bits per heavy atom. The van der Waals surface area contributed by atoms with E-state index in [0.717, 1.165) is 55.4 Å². The van der Waals surface area contributed by atoms with Gasteiger partial charge in [0.1, 0.15) is 22.1 Å². The van der Waals surface area contributed by atoms with E-state index >= 15 is 0 Å². The Kier molecular flexibility index (Phi) is 3.61. The predicted molar refractivity (Wildman–Crippen MR) is 119 cm³/mol. The lowest BCUT2D eigenvalue weighted by Crippen LogP contribution is -1.96. The van der Waals surface area contributed by atoms with Gasteiger partial charge in [-0.15, -0.1) is 0 Å². The van der Waals surface area contributed by atoms with E-state index in [1.165, 1.54) is 11.7 Å². The average Bonchev–Trinajstić information content (AvgIpc) is 3.26. The van der Waals surface area contributed by atoms with Crippen molar-refractivity contribution in [1.82, 2.24) is 18.7 Å². The third-order valence-corrected chi connectivity index (χ3v) is 5.66. The number of fused-ring (bicyclic) bond motifs is 3. The Hall–Kier alpha value is -3.70. The van der Waals surface area contributed by atoms with Crippen LogP contribution in [-0.2, 0) is 0 Å². The zero-order chi connectivity index (χ0) is 19.2. The summed E-state index contributed by atoms with van der Waals surface area (Å²) in [6, 6.07) is 28.5. The topological polar surface area (TPSA) is 51.6 Å². The molecule has 0 saturated heterocycles. The number of hydrogen-bond acceptors (Lipinski definition) is 5. The van der Waals surface area contributed by atoms with Gasteiger partial charge in [-0.2, -0.15) is 8.75 Å². The third-order valence-electron chi connectivity index (χ3n) is 5.13. The summed E-state index contributed by atoms with van der Waals surface area (Å²) in [5.41, 5.74) is 9.32. The highest BCUT2D eigenvalue weighted by Gasteiger charge is 2.22. The molecule has 0 radical (unpaired) electrons. The summed E-state index contributed by atoms with van der Waals surface area (Å²) in [4.78, 5) is 10.1. The zero-order valence-corrected chi connectivity index (χ0v) is 16.1. The van der Waals surface area contributed by atoms with Crippen molar-refractivity contribution in [3.63, 3.8) is 0 Å². The molecule has 0 spiro atoms. The lowest BCUT2D eigenvalue weighted by Gasteiger charge is -2.13. The number of para-hydroxylation sites is 2. The van der Waals surface area contributed by atoms with Crippen molar-refractivity contribution in [2.45, 2.75) is 0 Å². The summed E-state index contributed by atoms with van der Waals surface area (Å²) >= 11 is 1.23. The quantitative estimate of drug-likeness (QED) is 0.334. The second-order valence-electron chi connectivity index (χ2n) is 6.85. The first-order valence-corrected chi connectivity index (χ1v) is 10.1. The molecule has 4 aromatic carbocycles. The standard InChI is InChI=1S/C24H14N4S/c1-3-9-15(10-4-1)19-21-22(26-18-14-8-7-13-17(18)25-21)20(16-11-5-2-6-12-16)24-23(19)27-29-28-24/h1-14H. The highest BCUT2D eigenvalue weighted by Crippen LogP contribution is 2.41. The van der Waals surface area contributed by atoms with E-state index in [9.17, 15) is 0 Å². The van der Waals surface area contributed by atoms with E-state index in [0.29, 0.717) is 0 Å². The minimum Gasteiger partial charge on any atom is -0.244 e. The van der Waals surface area contributed by atoms with Gasteiger partial charge in [0.15, 0.2) is 0 Å². The van der Waals surface area contributed by atoms with Gasteiger partial charge >= 0.3 is 0 Å². The summed E-state index contributed by atoms with van der Waals surface area (Å²) in [5.74, 6) is 0. The molecule has 2 heterocycles. The van der Waals surface area contributed by atoms with Crippen LogP contribution in [0.5, 0.6) is 0 Å². The first kappa shape index (κ1) is 16.3. The summed E-state index contributed by atoms with van der Waals surface area (Å²) in [7, 11) is 0. The molecule has 0 fully saturated rings. The molecule has 4 nitrogen and oxygen atoms in total. The molecular weight excluding hydrogens is 376 g/mol. The number of benzene rings is 4. The smallest absolute Gasteiger partial charge is 0.115 e. The maximum Gasteiger partial charge on any atom is 0.115 e. The molecule has 29 heavy (non-hydrogen) atoms. The van der Waals surface area contributed by atoms with Crippen molar-refractivity contribution in [1.29, 1.82) is 0 Å². The SMILES string of the molecule is c1ccc(-c2c3nsnc3c(-c3ccccc3)c3nc4ccccc4nc23)cc1. The molecule has 0 aliphatic carbocycles. The van der Waals surface area contributed by atoms with Crippen molar-refractivity contribution in [2.24, 2.45) is 0 Å². The molecule has 0 atom stereocenters. The number of hydrogen-bond donors (Lipinski definition) is 0. The lowest BCUT2D eigenvalue weighted by atomic mass is 9.95. The molecule has 0 aliphatic heterocycles. The maximum absolute atomic E-state index is 5.04. The van der Waals surface area contributed by atoms with Crippen molar-refractivity contribution < 1.29 is 0 Å². The summed E-state index contributed by atoms with van der Waals surface area (Å²) in [6.07, 6.45) is 0. The third kappa shape index (κ3) is 2.52. The second kappa shape index (κ2) is 6.43. The molecule has 2 aromatic heterocycles. The van der Waals surface area contributed by atoms with Crippen LogP contribution in [0.4, 0.5) is 0 Å². The van der Waals surface area contributed by atoms with Gasteiger partial charge in [-0.3, -0.25) is 0 Å². The Labute approximate surface area is 170 Å². The molecule has 0 amide bonds. The molecular formula is C24H14N4S. The van der Waals surface area contributed by atoms with Crippen molar-refractivity contribution in [3.05, 3.63) is 84.9 Å². The molecule has 6 aromatic rings. The molecule has 0 unspecified atom stereocenters.